The first-order chi connectivity index (χ1) is 13.5. The van der Waals surface area contributed by atoms with Gasteiger partial charge < -0.3 is 4.74 Å². The molecule has 6 nitrogen and oxygen atoms in total. The van der Waals surface area contributed by atoms with Crippen molar-refractivity contribution in [2.45, 2.75) is 39.5 Å². The second-order valence-corrected chi connectivity index (χ2v) is 8.14. The average Bonchev–Trinajstić information content (AvgIpc) is 3.13. The van der Waals surface area contributed by atoms with E-state index in [4.69, 9.17) is 4.74 Å². The molecule has 1 aliphatic carbocycles. The van der Waals surface area contributed by atoms with Crippen LogP contribution in [0.3, 0.4) is 0 Å². The number of fused-ring (bicyclic) bond motifs is 1. The fourth-order valence-corrected chi connectivity index (χ4v) is 4.24. The monoisotopic (exact) mass is 400 g/mol. The summed E-state index contributed by atoms with van der Waals surface area (Å²) < 4.78 is 5.38. The second-order valence-electron chi connectivity index (χ2n) is 7.00. The predicted molar refractivity (Wildman–Crippen MR) is 108 cm³/mol. The van der Waals surface area contributed by atoms with Crippen molar-refractivity contribution in [2.75, 3.05) is 6.61 Å². The number of ketones is 1. The lowest BCUT2D eigenvalue weighted by Gasteiger charge is -2.16. The minimum Gasteiger partial charge on any atom is -0.484 e. The zero-order valence-electron chi connectivity index (χ0n) is 16.0. The molecule has 0 bridgehead atoms. The molecule has 1 unspecified atom stereocenters. The number of benzene rings is 1. The van der Waals surface area contributed by atoms with Crippen molar-refractivity contribution >= 4 is 28.9 Å². The van der Waals surface area contributed by atoms with Gasteiger partial charge in [0.25, 0.3) is 11.8 Å². The lowest BCUT2D eigenvalue weighted by atomic mass is 9.90. The highest BCUT2D eigenvalue weighted by Crippen LogP contribution is 2.32. The van der Waals surface area contributed by atoms with E-state index in [1.54, 1.807) is 31.2 Å². The van der Waals surface area contributed by atoms with E-state index in [2.05, 4.69) is 17.8 Å². The molecule has 2 amide bonds. The molecule has 1 atom stereocenters. The fourth-order valence-electron chi connectivity index (χ4n) is 3.13. The molecular weight excluding hydrogens is 376 g/mol. The first kappa shape index (κ1) is 20.1. The van der Waals surface area contributed by atoms with Gasteiger partial charge in [-0.15, -0.1) is 11.3 Å². The molecule has 0 fully saturated rings. The normalized spacial score (nSPS) is 15.4. The molecule has 1 aliphatic rings. The standard InChI is InChI=1S/C21H24N2O4S/c1-3-17(24)14-5-7-16(8-6-14)27-12-20(25)22-23-21(26)19-11-15-10-13(2)4-9-18(15)28-19/h5-8,11,13H,3-4,9-10,12H2,1-2H3,(H,22,25)(H,23,26). The van der Waals surface area contributed by atoms with Crippen molar-refractivity contribution in [3.8, 4) is 5.75 Å². The van der Waals surface area contributed by atoms with Crippen molar-refractivity contribution in [3.63, 3.8) is 0 Å². The van der Waals surface area contributed by atoms with E-state index in [1.807, 2.05) is 6.07 Å². The van der Waals surface area contributed by atoms with E-state index < -0.39 is 5.91 Å². The summed E-state index contributed by atoms with van der Waals surface area (Å²) >= 11 is 1.49. The third-order valence-electron chi connectivity index (χ3n) is 4.74. The molecule has 1 heterocycles. The van der Waals surface area contributed by atoms with Crippen molar-refractivity contribution < 1.29 is 19.1 Å². The lowest BCUT2D eigenvalue weighted by molar-refractivity contribution is -0.123. The van der Waals surface area contributed by atoms with Crippen LogP contribution in [0, 0.1) is 5.92 Å². The molecule has 3 rings (SSSR count). The van der Waals surface area contributed by atoms with Gasteiger partial charge in [-0.05, 0) is 61.1 Å². The molecule has 1 aromatic heterocycles. The van der Waals surface area contributed by atoms with E-state index >= 15 is 0 Å². The van der Waals surface area contributed by atoms with Crippen LogP contribution in [0.25, 0.3) is 0 Å². The Morgan fingerprint density at radius 2 is 1.93 bits per heavy atom. The number of nitrogens with one attached hydrogen (secondary N) is 2. The molecule has 28 heavy (non-hydrogen) atoms. The summed E-state index contributed by atoms with van der Waals surface area (Å²) in [5.74, 6) is 0.398. The third-order valence-corrected chi connectivity index (χ3v) is 5.97. The SMILES string of the molecule is CCC(=O)c1ccc(OCC(=O)NNC(=O)c2cc3c(s2)CCC(C)C3)cc1. The van der Waals surface area contributed by atoms with Gasteiger partial charge in [0.05, 0.1) is 4.88 Å². The highest BCUT2D eigenvalue weighted by atomic mass is 32.1. The van der Waals surface area contributed by atoms with E-state index in [0.717, 1.165) is 19.3 Å². The number of carbonyl (C=O) groups is 3. The van der Waals surface area contributed by atoms with E-state index in [9.17, 15) is 14.4 Å². The number of hydrogen-bond acceptors (Lipinski definition) is 5. The second kappa shape index (κ2) is 9.01. The molecular formula is C21H24N2O4S. The van der Waals surface area contributed by atoms with Crippen molar-refractivity contribution in [2.24, 2.45) is 5.92 Å². The minimum absolute atomic E-state index is 0.0525. The maximum atomic E-state index is 12.3. The number of carbonyl (C=O) groups excluding carboxylic acids is 3. The van der Waals surface area contributed by atoms with Crippen LogP contribution in [-0.4, -0.2) is 24.2 Å². The summed E-state index contributed by atoms with van der Waals surface area (Å²) in [5.41, 5.74) is 6.66. The Hall–Kier alpha value is -2.67. The summed E-state index contributed by atoms with van der Waals surface area (Å²) in [6, 6.07) is 8.55. The van der Waals surface area contributed by atoms with Crippen LogP contribution in [0.1, 0.15) is 57.2 Å². The van der Waals surface area contributed by atoms with Gasteiger partial charge in [0, 0.05) is 16.9 Å². The number of aryl methyl sites for hydroxylation is 1. The summed E-state index contributed by atoms with van der Waals surface area (Å²) in [5, 5.41) is 0. The molecule has 2 N–H and O–H groups in total. The van der Waals surface area contributed by atoms with Crippen LogP contribution >= 0.6 is 11.3 Å². The van der Waals surface area contributed by atoms with Crippen LogP contribution in [0.15, 0.2) is 30.3 Å². The lowest BCUT2D eigenvalue weighted by Crippen LogP contribution is -2.43. The molecule has 0 radical (unpaired) electrons. The first-order valence-electron chi connectivity index (χ1n) is 9.43. The summed E-state index contributed by atoms with van der Waals surface area (Å²) in [6.45, 7) is 3.78. The predicted octanol–water partition coefficient (Wildman–Crippen LogP) is 3.31. The quantitative estimate of drug-likeness (QED) is 0.576. The highest BCUT2D eigenvalue weighted by molar-refractivity contribution is 7.14. The Kier molecular flexibility index (Phi) is 6.46. The molecule has 7 heteroatoms. The van der Waals surface area contributed by atoms with Gasteiger partial charge in [0.2, 0.25) is 0 Å². The van der Waals surface area contributed by atoms with Crippen LogP contribution in [0.2, 0.25) is 0 Å². The number of hydrazine groups is 1. The Bertz CT molecular complexity index is 873. The Morgan fingerprint density at radius 3 is 2.64 bits per heavy atom. The number of thiophene rings is 1. The van der Waals surface area contributed by atoms with Gasteiger partial charge in [0.1, 0.15) is 5.75 Å². The number of amides is 2. The van der Waals surface area contributed by atoms with Gasteiger partial charge in [0.15, 0.2) is 12.4 Å². The van der Waals surface area contributed by atoms with Gasteiger partial charge in [-0.25, -0.2) is 0 Å². The number of rotatable bonds is 6. The largest absolute Gasteiger partial charge is 0.484 e. The van der Waals surface area contributed by atoms with Crippen molar-refractivity contribution in [1.82, 2.24) is 10.9 Å². The van der Waals surface area contributed by atoms with Gasteiger partial charge in [-0.1, -0.05) is 13.8 Å². The summed E-state index contributed by atoms with van der Waals surface area (Å²) in [7, 11) is 0. The number of ether oxygens (including phenoxy) is 1. The van der Waals surface area contributed by atoms with Crippen LogP contribution in [-0.2, 0) is 17.6 Å². The smallest absolute Gasteiger partial charge is 0.279 e. The van der Waals surface area contributed by atoms with E-state index in [-0.39, 0.29) is 18.3 Å². The van der Waals surface area contributed by atoms with Crippen LogP contribution in [0.5, 0.6) is 5.75 Å². The van der Waals surface area contributed by atoms with Crippen LogP contribution < -0.4 is 15.6 Å². The Labute approximate surface area is 168 Å². The Balaban J connectivity index is 1.45. The minimum atomic E-state index is -0.461. The first-order valence-corrected chi connectivity index (χ1v) is 10.2. The van der Waals surface area contributed by atoms with E-state index in [0.29, 0.717) is 28.5 Å². The van der Waals surface area contributed by atoms with Crippen molar-refractivity contribution in [3.05, 3.63) is 51.2 Å². The average molecular weight is 401 g/mol. The topological polar surface area (TPSA) is 84.5 Å². The number of Topliss-reactive ketones (excluding diaryl/α,β-unsaturated/α-hetero) is 1. The van der Waals surface area contributed by atoms with E-state index in [1.165, 1.54) is 21.8 Å². The molecule has 0 spiro atoms. The van der Waals surface area contributed by atoms with Gasteiger partial charge in [-0.2, -0.15) is 0 Å². The molecule has 0 saturated heterocycles. The highest BCUT2D eigenvalue weighted by Gasteiger charge is 2.20. The molecule has 148 valence electrons. The van der Waals surface area contributed by atoms with Crippen LogP contribution in [0.4, 0.5) is 0 Å². The molecule has 1 aromatic carbocycles. The fraction of sp³-hybridized carbons (Fsp3) is 0.381. The summed E-state index contributed by atoms with van der Waals surface area (Å²) in [6.07, 6.45) is 3.60. The summed E-state index contributed by atoms with van der Waals surface area (Å²) in [4.78, 5) is 37.6. The molecule has 0 aliphatic heterocycles. The maximum absolute atomic E-state index is 12.3. The maximum Gasteiger partial charge on any atom is 0.279 e. The molecule has 0 saturated carbocycles. The zero-order chi connectivity index (χ0) is 20.1. The van der Waals surface area contributed by atoms with Gasteiger partial charge >= 0.3 is 0 Å². The number of hydrogen-bond donors (Lipinski definition) is 2. The van der Waals surface area contributed by atoms with Gasteiger partial charge in [-0.3, -0.25) is 25.2 Å². The molecule has 2 aromatic rings. The third kappa shape index (κ3) is 4.98. The zero-order valence-corrected chi connectivity index (χ0v) is 16.9. The van der Waals surface area contributed by atoms with Crippen molar-refractivity contribution in [1.29, 1.82) is 0 Å². The Morgan fingerprint density at radius 1 is 1.18 bits per heavy atom.